The average molecular weight is 346 g/mol. The summed E-state index contributed by atoms with van der Waals surface area (Å²) in [6.45, 7) is 1.81. The lowest BCUT2D eigenvalue weighted by Gasteiger charge is -2.09. The molecule has 0 spiro atoms. The summed E-state index contributed by atoms with van der Waals surface area (Å²) in [5.41, 5.74) is 1.69. The molecule has 0 bridgehead atoms. The predicted octanol–water partition coefficient (Wildman–Crippen LogP) is 4.97. The topological polar surface area (TPSA) is 62.7 Å². The van der Waals surface area contributed by atoms with Gasteiger partial charge in [-0.15, -0.1) is 0 Å². The number of nitrogens with one attached hydrogen (secondary N) is 2. The van der Waals surface area contributed by atoms with Gasteiger partial charge in [-0.05, 0) is 55.5 Å². The lowest BCUT2D eigenvalue weighted by molar-refractivity contribution is 0.989. The fourth-order valence-electron chi connectivity index (χ4n) is 1.92. The van der Waals surface area contributed by atoms with Crippen molar-refractivity contribution in [3.05, 3.63) is 64.4 Å². The monoisotopic (exact) mass is 345 g/mol. The Balaban J connectivity index is 1.81. The lowest BCUT2D eigenvalue weighted by atomic mass is 10.3. The van der Waals surface area contributed by atoms with Crippen molar-refractivity contribution in [2.24, 2.45) is 0 Å². The number of hydrogen-bond acceptors (Lipinski definition) is 5. The number of rotatable bonds is 4. The smallest absolute Gasteiger partial charge is 0.232 e. The number of aryl methyl sites for hydroxylation is 1. The van der Waals surface area contributed by atoms with Crippen LogP contribution in [0.1, 0.15) is 5.82 Å². The average Bonchev–Trinajstić information content (AvgIpc) is 2.51. The van der Waals surface area contributed by atoms with E-state index in [2.05, 4.69) is 25.6 Å². The highest BCUT2D eigenvalue weighted by Crippen LogP contribution is 2.20. The van der Waals surface area contributed by atoms with Crippen molar-refractivity contribution < 1.29 is 0 Å². The van der Waals surface area contributed by atoms with Gasteiger partial charge in [0.05, 0.1) is 0 Å². The molecule has 0 amide bonds. The van der Waals surface area contributed by atoms with Crippen LogP contribution in [0.5, 0.6) is 0 Å². The molecule has 1 heterocycles. The number of benzene rings is 2. The molecule has 5 nitrogen and oxygen atoms in total. The van der Waals surface area contributed by atoms with Crippen LogP contribution in [-0.4, -0.2) is 15.0 Å². The van der Waals surface area contributed by atoms with Gasteiger partial charge in [0.2, 0.25) is 11.9 Å². The summed E-state index contributed by atoms with van der Waals surface area (Å²) in [5, 5.41) is 7.60. The van der Waals surface area contributed by atoms with Crippen LogP contribution in [0, 0.1) is 6.92 Å². The predicted molar refractivity (Wildman–Crippen MR) is 94.0 cm³/mol. The van der Waals surface area contributed by atoms with E-state index in [0.717, 1.165) is 11.4 Å². The summed E-state index contributed by atoms with van der Waals surface area (Å²) in [4.78, 5) is 12.9. The second-order valence-electron chi connectivity index (χ2n) is 4.79. The van der Waals surface area contributed by atoms with E-state index in [1.54, 1.807) is 24.3 Å². The molecule has 7 heteroatoms. The first-order chi connectivity index (χ1) is 11.1. The third kappa shape index (κ3) is 4.31. The van der Waals surface area contributed by atoms with Gasteiger partial charge in [0.25, 0.3) is 0 Å². The van der Waals surface area contributed by atoms with Crippen LogP contribution in [0.15, 0.2) is 48.5 Å². The van der Waals surface area contributed by atoms with Crippen molar-refractivity contribution in [3.63, 3.8) is 0 Å². The second kappa shape index (κ2) is 6.81. The molecule has 0 fully saturated rings. The van der Waals surface area contributed by atoms with Crippen molar-refractivity contribution >= 4 is 46.5 Å². The molecule has 0 aliphatic carbocycles. The molecule has 0 radical (unpaired) electrons. The lowest BCUT2D eigenvalue weighted by Crippen LogP contribution is -2.05. The summed E-state index contributed by atoms with van der Waals surface area (Å²) in [5.74, 6) is 1.51. The summed E-state index contributed by atoms with van der Waals surface area (Å²) in [7, 11) is 0. The van der Waals surface area contributed by atoms with E-state index in [-0.39, 0.29) is 0 Å². The van der Waals surface area contributed by atoms with Gasteiger partial charge in [0.1, 0.15) is 5.82 Å². The van der Waals surface area contributed by atoms with Gasteiger partial charge in [0.15, 0.2) is 0 Å². The van der Waals surface area contributed by atoms with Crippen molar-refractivity contribution in [3.8, 4) is 0 Å². The summed E-state index contributed by atoms with van der Waals surface area (Å²) >= 11 is 11.8. The number of aromatic nitrogens is 3. The maximum Gasteiger partial charge on any atom is 0.232 e. The third-order valence-electron chi connectivity index (χ3n) is 2.95. The van der Waals surface area contributed by atoms with E-state index in [1.807, 2.05) is 31.2 Å². The number of halogens is 2. The Kier molecular flexibility index (Phi) is 4.60. The fraction of sp³-hybridized carbons (Fsp3) is 0.0625. The van der Waals surface area contributed by atoms with Gasteiger partial charge < -0.3 is 10.6 Å². The molecule has 2 aromatic carbocycles. The van der Waals surface area contributed by atoms with Crippen LogP contribution in [0.3, 0.4) is 0 Å². The summed E-state index contributed by atoms with van der Waals surface area (Å²) in [6, 6.07) is 14.6. The SMILES string of the molecule is Cc1nc(Nc2ccc(Cl)cc2)nc(Nc2ccc(Cl)cc2)n1. The van der Waals surface area contributed by atoms with Gasteiger partial charge in [0, 0.05) is 21.4 Å². The molecule has 2 N–H and O–H groups in total. The molecule has 23 heavy (non-hydrogen) atoms. The quantitative estimate of drug-likeness (QED) is 0.698. The Morgan fingerprint density at radius 3 is 1.43 bits per heavy atom. The first-order valence-corrected chi connectivity index (χ1v) is 7.62. The Morgan fingerprint density at radius 2 is 1.04 bits per heavy atom. The van der Waals surface area contributed by atoms with Crippen LogP contribution in [-0.2, 0) is 0 Å². The minimum Gasteiger partial charge on any atom is -0.324 e. The van der Waals surface area contributed by atoms with Crippen molar-refractivity contribution in [2.45, 2.75) is 6.92 Å². The molecule has 3 aromatic rings. The van der Waals surface area contributed by atoms with E-state index in [4.69, 9.17) is 23.2 Å². The fourth-order valence-corrected chi connectivity index (χ4v) is 2.17. The minimum atomic E-state index is 0.455. The maximum atomic E-state index is 5.88. The highest BCUT2D eigenvalue weighted by Gasteiger charge is 2.05. The van der Waals surface area contributed by atoms with E-state index >= 15 is 0 Å². The standard InChI is InChI=1S/C16H13Cl2N5/c1-10-19-15(21-13-6-2-11(17)3-7-13)23-16(20-10)22-14-8-4-12(18)5-9-14/h2-9H,1H3,(H2,19,20,21,22,23). The molecule has 0 aliphatic rings. The van der Waals surface area contributed by atoms with E-state index in [0.29, 0.717) is 27.8 Å². The molecule has 0 aliphatic heterocycles. The largest absolute Gasteiger partial charge is 0.324 e. The van der Waals surface area contributed by atoms with Crippen molar-refractivity contribution in [1.82, 2.24) is 15.0 Å². The molecule has 1 aromatic heterocycles. The first-order valence-electron chi connectivity index (χ1n) is 6.86. The van der Waals surface area contributed by atoms with Crippen LogP contribution in [0.2, 0.25) is 10.0 Å². The molecular weight excluding hydrogens is 333 g/mol. The van der Waals surface area contributed by atoms with Crippen molar-refractivity contribution in [1.29, 1.82) is 0 Å². The number of hydrogen-bond donors (Lipinski definition) is 2. The zero-order valence-corrected chi connectivity index (χ0v) is 13.7. The van der Waals surface area contributed by atoms with Crippen LogP contribution in [0.25, 0.3) is 0 Å². The van der Waals surface area contributed by atoms with Crippen LogP contribution in [0.4, 0.5) is 23.3 Å². The van der Waals surface area contributed by atoms with E-state index in [9.17, 15) is 0 Å². The summed E-state index contributed by atoms with van der Waals surface area (Å²) < 4.78 is 0. The zero-order chi connectivity index (χ0) is 16.2. The normalized spacial score (nSPS) is 10.4. The highest BCUT2D eigenvalue weighted by atomic mass is 35.5. The molecule has 116 valence electrons. The molecule has 0 saturated heterocycles. The Morgan fingerprint density at radius 1 is 0.652 bits per heavy atom. The zero-order valence-electron chi connectivity index (χ0n) is 12.2. The molecular formula is C16H13Cl2N5. The second-order valence-corrected chi connectivity index (χ2v) is 5.67. The van der Waals surface area contributed by atoms with Crippen LogP contribution >= 0.6 is 23.2 Å². The molecule has 0 unspecified atom stereocenters. The van der Waals surface area contributed by atoms with Crippen LogP contribution < -0.4 is 10.6 Å². The van der Waals surface area contributed by atoms with E-state index < -0.39 is 0 Å². The van der Waals surface area contributed by atoms with Gasteiger partial charge in [-0.25, -0.2) is 0 Å². The Labute approximate surface area is 143 Å². The number of nitrogens with zero attached hydrogens (tertiary/aromatic N) is 3. The summed E-state index contributed by atoms with van der Waals surface area (Å²) in [6.07, 6.45) is 0. The highest BCUT2D eigenvalue weighted by molar-refractivity contribution is 6.30. The molecule has 3 rings (SSSR count). The van der Waals surface area contributed by atoms with E-state index in [1.165, 1.54) is 0 Å². The van der Waals surface area contributed by atoms with Gasteiger partial charge in [-0.1, -0.05) is 23.2 Å². The molecule has 0 saturated carbocycles. The van der Waals surface area contributed by atoms with Crippen molar-refractivity contribution in [2.75, 3.05) is 10.6 Å². The third-order valence-corrected chi connectivity index (χ3v) is 3.45. The molecule has 0 atom stereocenters. The Hall–Kier alpha value is -2.37. The Bertz CT molecular complexity index is 738. The van der Waals surface area contributed by atoms with Gasteiger partial charge in [-0.3, -0.25) is 0 Å². The first kappa shape index (κ1) is 15.5. The minimum absolute atomic E-state index is 0.455. The maximum absolute atomic E-state index is 5.88. The number of anilines is 4. The van der Waals surface area contributed by atoms with Gasteiger partial charge >= 0.3 is 0 Å². The van der Waals surface area contributed by atoms with Gasteiger partial charge in [-0.2, -0.15) is 15.0 Å².